The maximum atomic E-state index is 12.6. The van der Waals surface area contributed by atoms with Crippen molar-refractivity contribution in [2.45, 2.75) is 13.3 Å². The zero-order valence-corrected chi connectivity index (χ0v) is 17.4. The Kier molecular flexibility index (Phi) is 5.67. The lowest BCUT2D eigenvalue weighted by Gasteiger charge is -2.29. The van der Waals surface area contributed by atoms with Gasteiger partial charge in [-0.05, 0) is 55.5 Å². The van der Waals surface area contributed by atoms with Crippen LogP contribution in [-0.4, -0.2) is 46.9 Å². The van der Waals surface area contributed by atoms with Gasteiger partial charge in [0.1, 0.15) is 5.75 Å². The van der Waals surface area contributed by atoms with Gasteiger partial charge in [-0.1, -0.05) is 6.07 Å². The minimum absolute atomic E-state index is 0.161. The third kappa shape index (κ3) is 4.40. The Bertz CT molecular complexity index is 1130. The molecule has 0 saturated carbocycles. The van der Waals surface area contributed by atoms with Crippen molar-refractivity contribution in [3.8, 4) is 23.0 Å². The lowest BCUT2D eigenvalue weighted by molar-refractivity contribution is -0.274. The zero-order chi connectivity index (χ0) is 22.2. The number of hydrogen-bond donors (Lipinski definition) is 1. The Morgan fingerprint density at radius 2 is 1.61 bits per heavy atom. The number of alkyl halides is 3. The molecular weight excluding hydrogens is 431 g/mol. The third-order valence-corrected chi connectivity index (χ3v) is 5.41. The van der Waals surface area contributed by atoms with Crippen LogP contribution in [0.25, 0.3) is 11.4 Å². The average Bonchev–Trinajstić information content (AvgIpc) is 2.96. The summed E-state index contributed by atoms with van der Waals surface area (Å²) in [6, 6.07) is 13.0. The van der Waals surface area contributed by atoms with E-state index in [4.69, 9.17) is 17.0 Å². The first kappa shape index (κ1) is 21.3. The molecule has 0 aliphatic carbocycles. The van der Waals surface area contributed by atoms with Crippen molar-refractivity contribution < 1.29 is 27.8 Å². The molecule has 0 unspecified atom stereocenters. The van der Waals surface area contributed by atoms with Gasteiger partial charge < -0.3 is 19.5 Å². The Hall–Kier alpha value is -2.98. The number of hydrogen-bond acceptors (Lipinski definition) is 5. The zero-order valence-electron chi connectivity index (χ0n) is 16.6. The molecule has 10 heteroatoms. The number of benzene rings is 2. The van der Waals surface area contributed by atoms with Crippen LogP contribution in [0.2, 0.25) is 0 Å². The van der Waals surface area contributed by atoms with Crippen LogP contribution >= 0.6 is 12.2 Å². The van der Waals surface area contributed by atoms with Crippen LogP contribution in [0.4, 0.5) is 18.9 Å². The summed E-state index contributed by atoms with van der Waals surface area (Å²) in [5.74, 6) is -0.557. The van der Waals surface area contributed by atoms with E-state index in [-0.39, 0.29) is 16.3 Å². The molecule has 1 saturated heterocycles. The van der Waals surface area contributed by atoms with E-state index < -0.39 is 12.1 Å². The molecule has 4 rings (SSSR count). The van der Waals surface area contributed by atoms with E-state index in [0.29, 0.717) is 18.9 Å². The van der Waals surface area contributed by atoms with E-state index in [2.05, 4.69) is 9.64 Å². The lowest BCUT2D eigenvalue weighted by atomic mass is 10.2. The van der Waals surface area contributed by atoms with Crippen LogP contribution in [-0.2, 0) is 4.74 Å². The SMILES string of the molecule is Cc1c(O)n(-c2cccc(OC(F)(F)F)c2)c(=S)n1-c1ccc(N2CCOCC2)cc1. The fraction of sp³-hybridized carbons (Fsp3) is 0.286. The van der Waals surface area contributed by atoms with Gasteiger partial charge in [0.05, 0.1) is 24.6 Å². The van der Waals surface area contributed by atoms with Crippen molar-refractivity contribution in [1.82, 2.24) is 9.13 Å². The number of morpholine rings is 1. The molecule has 1 aromatic heterocycles. The molecule has 1 N–H and O–H groups in total. The quantitative estimate of drug-likeness (QED) is 0.581. The van der Waals surface area contributed by atoms with Gasteiger partial charge in [-0.2, -0.15) is 0 Å². The highest BCUT2D eigenvalue weighted by molar-refractivity contribution is 7.71. The molecule has 2 heterocycles. The molecule has 1 fully saturated rings. The summed E-state index contributed by atoms with van der Waals surface area (Å²) in [7, 11) is 0. The highest BCUT2D eigenvalue weighted by atomic mass is 32.1. The number of imidazole rings is 1. The first-order chi connectivity index (χ1) is 14.7. The van der Waals surface area contributed by atoms with E-state index in [1.165, 1.54) is 22.8 Å². The van der Waals surface area contributed by atoms with Crippen LogP contribution in [0.15, 0.2) is 48.5 Å². The molecule has 1 aliphatic rings. The normalized spacial score (nSPS) is 14.6. The predicted molar refractivity (Wildman–Crippen MR) is 112 cm³/mol. The second-order valence-corrected chi connectivity index (χ2v) is 7.39. The van der Waals surface area contributed by atoms with Gasteiger partial charge in [0.2, 0.25) is 5.88 Å². The Morgan fingerprint density at radius 3 is 2.26 bits per heavy atom. The number of anilines is 1. The molecule has 0 radical (unpaired) electrons. The van der Waals surface area contributed by atoms with E-state index in [0.717, 1.165) is 24.5 Å². The molecule has 31 heavy (non-hydrogen) atoms. The molecule has 1 aliphatic heterocycles. The van der Waals surface area contributed by atoms with Gasteiger partial charge in [-0.25, -0.2) is 0 Å². The summed E-state index contributed by atoms with van der Waals surface area (Å²) in [5.41, 5.74) is 2.51. The summed E-state index contributed by atoms with van der Waals surface area (Å²) in [6.45, 7) is 4.67. The number of aromatic nitrogens is 2. The largest absolute Gasteiger partial charge is 0.573 e. The first-order valence-corrected chi connectivity index (χ1v) is 9.98. The average molecular weight is 451 g/mol. The predicted octanol–water partition coefficient (Wildman–Crippen LogP) is 4.75. The topological polar surface area (TPSA) is 51.8 Å². The van der Waals surface area contributed by atoms with Gasteiger partial charge in [0, 0.05) is 30.5 Å². The molecule has 0 spiro atoms. The fourth-order valence-corrected chi connectivity index (χ4v) is 4.02. The molecule has 6 nitrogen and oxygen atoms in total. The fourth-order valence-electron chi connectivity index (χ4n) is 3.59. The van der Waals surface area contributed by atoms with Crippen LogP contribution in [0.1, 0.15) is 5.69 Å². The molecule has 2 aromatic carbocycles. The van der Waals surface area contributed by atoms with Gasteiger partial charge >= 0.3 is 6.36 Å². The van der Waals surface area contributed by atoms with Crippen LogP contribution in [0.5, 0.6) is 11.6 Å². The summed E-state index contributed by atoms with van der Waals surface area (Å²) in [6.07, 6.45) is -4.81. The van der Waals surface area contributed by atoms with Gasteiger partial charge in [-0.3, -0.25) is 9.13 Å². The summed E-state index contributed by atoms with van der Waals surface area (Å²) in [5, 5.41) is 10.7. The second kappa shape index (κ2) is 8.27. The number of ether oxygens (including phenoxy) is 2. The van der Waals surface area contributed by atoms with Crippen molar-refractivity contribution in [3.63, 3.8) is 0 Å². The highest BCUT2D eigenvalue weighted by Gasteiger charge is 2.31. The number of rotatable bonds is 4. The van der Waals surface area contributed by atoms with Crippen molar-refractivity contribution >= 4 is 17.9 Å². The van der Waals surface area contributed by atoms with Crippen molar-refractivity contribution in [3.05, 3.63) is 59.0 Å². The van der Waals surface area contributed by atoms with Gasteiger partial charge in [0.15, 0.2) is 4.77 Å². The molecule has 164 valence electrons. The van der Waals surface area contributed by atoms with E-state index >= 15 is 0 Å². The van der Waals surface area contributed by atoms with Crippen LogP contribution < -0.4 is 9.64 Å². The number of aromatic hydroxyl groups is 1. The smallest absolute Gasteiger partial charge is 0.493 e. The monoisotopic (exact) mass is 451 g/mol. The first-order valence-electron chi connectivity index (χ1n) is 9.57. The highest BCUT2D eigenvalue weighted by Crippen LogP contribution is 2.31. The summed E-state index contributed by atoms with van der Waals surface area (Å²) in [4.78, 5) is 2.22. The Morgan fingerprint density at radius 1 is 0.968 bits per heavy atom. The standard InChI is InChI=1S/C21H20F3N3O3S/c1-14-19(28)27(17-3-2-4-18(13-17)30-21(22,23)24)20(31)26(14)16-7-5-15(6-8-16)25-9-11-29-12-10-25/h2-8,13,28H,9-12H2,1H3. The second-order valence-electron chi connectivity index (χ2n) is 7.02. The number of halogens is 3. The van der Waals surface area contributed by atoms with E-state index in [9.17, 15) is 18.3 Å². The minimum Gasteiger partial charge on any atom is -0.493 e. The minimum atomic E-state index is -4.81. The van der Waals surface area contributed by atoms with Crippen LogP contribution in [0, 0.1) is 11.7 Å². The van der Waals surface area contributed by atoms with Crippen molar-refractivity contribution in [1.29, 1.82) is 0 Å². The van der Waals surface area contributed by atoms with Crippen LogP contribution in [0.3, 0.4) is 0 Å². The molecule has 3 aromatic rings. The maximum absolute atomic E-state index is 12.6. The Balaban J connectivity index is 1.70. The Labute approximate surface area is 181 Å². The summed E-state index contributed by atoms with van der Waals surface area (Å²) >= 11 is 5.55. The summed E-state index contributed by atoms with van der Waals surface area (Å²) < 4.78 is 50.3. The van der Waals surface area contributed by atoms with Crippen molar-refractivity contribution in [2.24, 2.45) is 0 Å². The molecular formula is C21H20F3N3O3S. The van der Waals surface area contributed by atoms with Crippen molar-refractivity contribution in [2.75, 3.05) is 31.2 Å². The van der Waals surface area contributed by atoms with E-state index in [1.807, 2.05) is 24.3 Å². The lowest BCUT2D eigenvalue weighted by Crippen LogP contribution is -2.36. The molecule has 0 amide bonds. The number of nitrogens with zero attached hydrogens (tertiary/aromatic N) is 3. The third-order valence-electron chi connectivity index (χ3n) is 5.05. The molecule has 0 bridgehead atoms. The van der Waals surface area contributed by atoms with E-state index in [1.54, 1.807) is 17.6 Å². The molecule has 0 atom stereocenters. The van der Waals surface area contributed by atoms with Gasteiger partial charge in [-0.15, -0.1) is 13.2 Å². The van der Waals surface area contributed by atoms with Gasteiger partial charge in [0.25, 0.3) is 0 Å². The maximum Gasteiger partial charge on any atom is 0.573 e.